The number of hydrogen-bond acceptors (Lipinski definition) is 5. The van der Waals surface area contributed by atoms with Gasteiger partial charge < -0.3 is 9.64 Å². The lowest BCUT2D eigenvalue weighted by atomic mass is 10.0. The molecule has 0 atom stereocenters. The zero-order valence-electron chi connectivity index (χ0n) is 14.7. The molecule has 2 heterocycles. The van der Waals surface area contributed by atoms with Gasteiger partial charge in [0.2, 0.25) is 0 Å². The van der Waals surface area contributed by atoms with Crippen LogP contribution < -0.4 is 4.90 Å². The highest BCUT2D eigenvalue weighted by Gasteiger charge is 2.32. The van der Waals surface area contributed by atoms with Crippen LogP contribution in [0.4, 0.5) is 9.52 Å². The van der Waals surface area contributed by atoms with E-state index in [1.807, 2.05) is 26.0 Å². The fraction of sp³-hybridized carbons (Fsp3) is 0.300. The fourth-order valence-corrected chi connectivity index (χ4v) is 4.13. The van der Waals surface area contributed by atoms with Gasteiger partial charge in [0.25, 0.3) is 0 Å². The molecule has 2 aromatic carbocycles. The summed E-state index contributed by atoms with van der Waals surface area (Å²) in [5.41, 5.74) is 4.09. The van der Waals surface area contributed by atoms with Crippen molar-refractivity contribution in [1.29, 1.82) is 0 Å². The molecule has 1 fully saturated rings. The van der Waals surface area contributed by atoms with E-state index in [0.717, 1.165) is 26.5 Å². The minimum Gasteiger partial charge on any atom is -0.458 e. The summed E-state index contributed by atoms with van der Waals surface area (Å²) >= 11 is 1.46. The van der Waals surface area contributed by atoms with Gasteiger partial charge in [-0.25, -0.2) is 9.37 Å². The zero-order valence-corrected chi connectivity index (χ0v) is 15.5. The highest BCUT2D eigenvalue weighted by molar-refractivity contribution is 7.22. The van der Waals surface area contributed by atoms with E-state index in [9.17, 15) is 9.18 Å². The number of thiazole rings is 1. The van der Waals surface area contributed by atoms with Crippen molar-refractivity contribution in [3.05, 3.63) is 58.9 Å². The van der Waals surface area contributed by atoms with Crippen molar-refractivity contribution in [3.8, 4) is 0 Å². The van der Waals surface area contributed by atoms with Crippen molar-refractivity contribution < 1.29 is 13.9 Å². The van der Waals surface area contributed by atoms with Gasteiger partial charge in [0, 0.05) is 0 Å². The van der Waals surface area contributed by atoms with Gasteiger partial charge in [0.05, 0.1) is 29.7 Å². The molecule has 26 heavy (non-hydrogen) atoms. The van der Waals surface area contributed by atoms with Crippen molar-refractivity contribution in [3.63, 3.8) is 0 Å². The Hall–Kier alpha value is -2.47. The summed E-state index contributed by atoms with van der Waals surface area (Å²) in [4.78, 5) is 18.7. The molecule has 0 unspecified atom stereocenters. The van der Waals surface area contributed by atoms with Gasteiger partial charge in [0.15, 0.2) is 5.13 Å². The molecular formula is C20H19FN2O2S. The van der Waals surface area contributed by atoms with Gasteiger partial charge in [-0.05, 0) is 43.2 Å². The van der Waals surface area contributed by atoms with E-state index >= 15 is 0 Å². The number of nitrogens with zero attached hydrogens (tertiary/aromatic N) is 2. The summed E-state index contributed by atoms with van der Waals surface area (Å²) in [6.07, 6.45) is 0.181. The Kier molecular flexibility index (Phi) is 4.36. The fourth-order valence-electron chi connectivity index (χ4n) is 3.12. The molecule has 6 heteroatoms. The molecule has 1 aromatic heterocycles. The Bertz CT molecular complexity index is 979. The first kappa shape index (κ1) is 17.0. The van der Waals surface area contributed by atoms with Gasteiger partial charge >= 0.3 is 5.97 Å². The quantitative estimate of drug-likeness (QED) is 0.651. The first-order valence-electron chi connectivity index (χ1n) is 8.54. The Morgan fingerprint density at radius 1 is 1.27 bits per heavy atom. The predicted molar refractivity (Wildman–Crippen MR) is 101 cm³/mol. The number of hydrogen-bond donors (Lipinski definition) is 0. The van der Waals surface area contributed by atoms with Crippen LogP contribution in [-0.2, 0) is 16.0 Å². The number of ether oxygens (including phenoxy) is 1. The summed E-state index contributed by atoms with van der Waals surface area (Å²) in [6, 6.07) is 10.7. The van der Waals surface area contributed by atoms with Crippen LogP contribution in [0, 0.1) is 19.7 Å². The molecule has 0 saturated carbocycles. The van der Waals surface area contributed by atoms with Crippen LogP contribution in [0.25, 0.3) is 10.2 Å². The van der Waals surface area contributed by atoms with E-state index in [2.05, 4.69) is 16.0 Å². The molecule has 0 radical (unpaired) electrons. The largest absolute Gasteiger partial charge is 0.458 e. The van der Waals surface area contributed by atoms with Gasteiger partial charge in [-0.2, -0.15) is 0 Å². The number of fused-ring (bicyclic) bond motifs is 1. The summed E-state index contributed by atoms with van der Waals surface area (Å²) in [6.45, 7) is 5.30. The lowest BCUT2D eigenvalue weighted by Crippen LogP contribution is -2.53. The summed E-state index contributed by atoms with van der Waals surface area (Å²) in [5.74, 6) is -0.456. The van der Waals surface area contributed by atoms with E-state index in [4.69, 9.17) is 4.74 Å². The van der Waals surface area contributed by atoms with Gasteiger partial charge in [-0.1, -0.05) is 35.1 Å². The van der Waals surface area contributed by atoms with Crippen molar-refractivity contribution in [1.82, 2.24) is 4.98 Å². The number of anilines is 1. The molecule has 1 aliphatic rings. The monoisotopic (exact) mass is 370 g/mol. The van der Waals surface area contributed by atoms with Crippen molar-refractivity contribution in [2.75, 3.05) is 18.0 Å². The lowest BCUT2D eigenvalue weighted by Gasteiger charge is -2.38. The third-order valence-electron chi connectivity index (χ3n) is 4.59. The van der Waals surface area contributed by atoms with Crippen LogP contribution in [0.2, 0.25) is 0 Å². The molecule has 0 spiro atoms. The second-order valence-corrected chi connectivity index (χ2v) is 7.74. The molecule has 0 amide bonds. The number of benzene rings is 2. The second-order valence-electron chi connectivity index (χ2n) is 6.73. The van der Waals surface area contributed by atoms with Gasteiger partial charge in [0.1, 0.15) is 11.9 Å². The molecule has 134 valence electrons. The maximum atomic E-state index is 13.3. The van der Waals surface area contributed by atoms with E-state index < -0.39 is 0 Å². The summed E-state index contributed by atoms with van der Waals surface area (Å²) in [7, 11) is 0. The van der Waals surface area contributed by atoms with Crippen LogP contribution in [0.5, 0.6) is 0 Å². The minimum atomic E-state index is -0.255. The third kappa shape index (κ3) is 3.42. The minimum absolute atomic E-state index is 0.114. The standard InChI is InChI=1S/C20H19FN2O2S/c1-12-3-4-14(13(2)7-12)8-19(24)25-16-10-23(11-16)20-22-17-6-5-15(21)9-18(17)26-20/h3-7,9,16H,8,10-11H2,1-2H3. The highest BCUT2D eigenvalue weighted by atomic mass is 32.1. The topological polar surface area (TPSA) is 42.4 Å². The van der Waals surface area contributed by atoms with Crippen LogP contribution in [0.15, 0.2) is 36.4 Å². The molecule has 0 aliphatic carbocycles. The third-order valence-corrected chi connectivity index (χ3v) is 5.67. The average Bonchev–Trinajstić information content (AvgIpc) is 2.95. The number of aromatic nitrogens is 1. The summed E-state index contributed by atoms with van der Waals surface area (Å²) in [5, 5.41) is 0.840. The SMILES string of the molecule is Cc1ccc(CC(=O)OC2CN(c3nc4ccc(F)cc4s3)C2)c(C)c1. The van der Waals surface area contributed by atoms with Gasteiger partial charge in [-0.15, -0.1) is 0 Å². The van der Waals surface area contributed by atoms with E-state index in [-0.39, 0.29) is 17.9 Å². The number of aryl methyl sites for hydroxylation is 2. The first-order valence-corrected chi connectivity index (χ1v) is 9.36. The van der Waals surface area contributed by atoms with Crippen molar-refractivity contribution >= 4 is 32.7 Å². The van der Waals surface area contributed by atoms with Crippen molar-refractivity contribution in [2.24, 2.45) is 0 Å². The van der Waals surface area contributed by atoms with E-state index in [1.54, 1.807) is 6.07 Å². The highest BCUT2D eigenvalue weighted by Crippen LogP contribution is 2.32. The Morgan fingerprint density at radius 2 is 2.08 bits per heavy atom. The van der Waals surface area contributed by atoms with Crippen LogP contribution in [0.1, 0.15) is 16.7 Å². The maximum absolute atomic E-state index is 13.3. The molecule has 0 N–H and O–H groups in total. The van der Waals surface area contributed by atoms with Crippen LogP contribution in [-0.4, -0.2) is 30.1 Å². The van der Waals surface area contributed by atoms with Crippen LogP contribution >= 0.6 is 11.3 Å². The molecule has 4 rings (SSSR count). The normalized spacial score (nSPS) is 14.5. The molecule has 1 saturated heterocycles. The first-order chi connectivity index (χ1) is 12.5. The van der Waals surface area contributed by atoms with E-state index in [1.165, 1.54) is 29.0 Å². The molecule has 3 aromatic rings. The Morgan fingerprint density at radius 3 is 2.85 bits per heavy atom. The summed E-state index contributed by atoms with van der Waals surface area (Å²) < 4.78 is 19.7. The zero-order chi connectivity index (χ0) is 18.3. The van der Waals surface area contributed by atoms with Crippen LogP contribution in [0.3, 0.4) is 0 Å². The number of carbonyl (C=O) groups is 1. The molecular weight excluding hydrogens is 351 g/mol. The van der Waals surface area contributed by atoms with Gasteiger partial charge in [-0.3, -0.25) is 4.79 Å². The molecule has 0 bridgehead atoms. The number of carbonyl (C=O) groups excluding carboxylic acids is 1. The smallest absolute Gasteiger partial charge is 0.310 e. The maximum Gasteiger partial charge on any atom is 0.310 e. The Balaban J connectivity index is 1.33. The molecule has 4 nitrogen and oxygen atoms in total. The lowest BCUT2D eigenvalue weighted by molar-refractivity contribution is -0.149. The van der Waals surface area contributed by atoms with Crippen molar-refractivity contribution in [2.45, 2.75) is 26.4 Å². The average molecular weight is 370 g/mol. The molecule has 1 aliphatic heterocycles. The predicted octanol–water partition coefficient (Wildman–Crippen LogP) is 4.03. The second kappa shape index (κ2) is 6.68. The number of esters is 1. The van der Waals surface area contributed by atoms with E-state index in [0.29, 0.717) is 19.5 Å². The number of rotatable bonds is 4. The Labute approximate surface area is 155 Å². The number of halogens is 1.